The second kappa shape index (κ2) is 12.1. The SMILES string of the molecule is C=C/C(=C\C=C/C)c1nc(COc2cccc3c2cnn3CC(=O)O)c(-c2c#cccc2)o1.CC. The van der Waals surface area contributed by atoms with Crippen LogP contribution in [-0.4, -0.2) is 25.8 Å². The number of ether oxygens (including phenoxy) is 1. The van der Waals surface area contributed by atoms with E-state index in [2.05, 4.69) is 28.8 Å². The van der Waals surface area contributed by atoms with Crippen LogP contribution in [0.1, 0.15) is 32.4 Å². The maximum Gasteiger partial charge on any atom is 0.325 e. The predicted octanol–water partition coefficient (Wildman–Crippen LogP) is 6.13. The van der Waals surface area contributed by atoms with Crippen LogP contribution in [0.15, 0.2) is 77.9 Å². The number of benzene rings is 1. The van der Waals surface area contributed by atoms with Crippen molar-refractivity contribution >= 4 is 22.4 Å². The van der Waals surface area contributed by atoms with Crippen LogP contribution in [0.5, 0.6) is 5.75 Å². The molecule has 0 spiro atoms. The van der Waals surface area contributed by atoms with Crippen LogP contribution in [0.3, 0.4) is 0 Å². The number of fused-ring (bicyclic) bond motifs is 1. The first-order valence-corrected chi connectivity index (χ1v) is 11.2. The summed E-state index contributed by atoms with van der Waals surface area (Å²) in [6, 6.07) is 16.8. The van der Waals surface area contributed by atoms with E-state index in [1.54, 1.807) is 36.5 Å². The molecular formula is C28H27N3O4. The van der Waals surface area contributed by atoms with Crippen LogP contribution in [0, 0.1) is 12.1 Å². The Morgan fingerprint density at radius 1 is 1.29 bits per heavy atom. The molecule has 2 heterocycles. The third kappa shape index (κ3) is 5.87. The molecule has 0 amide bonds. The third-order valence-electron chi connectivity index (χ3n) is 4.82. The molecule has 1 N–H and O–H groups in total. The Hall–Kier alpha value is -4.57. The zero-order valence-electron chi connectivity index (χ0n) is 20.0. The highest BCUT2D eigenvalue weighted by atomic mass is 16.5. The summed E-state index contributed by atoms with van der Waals surface area (Å²) in [6.45, 7) is 9.67. The van der Waals surface area contributed by atoms with Crippen LogP contribution in [0.2, 0.25) is 0 Å². The molecule has 0 aliphatic carbocycles. The van der Waals surface area contributed by atoms with Gasteiger partial charge in [0.1, 0.15) is 24.6 Å². The van der Waals surface area contributed by atoms with Gasteiger partial charge in [-0.2, -0.15) is 5.10 Å². The van der Waals surface area contributed by atoms with E-state index in [0.717, 1.165) is 5.57 Å². The molecule has 0 aliphatic heterocycles. The van der Waals surface area contributed by atoms with Gasteiger partial charge in [-0.25, -0.2) is 4.98 Å². The molecule has 0 saturated carbocycles. The molecule has 4 rings (SSSR count). The number of hydrogen-bond acceptors (Lipinski definition) is 5. The van der Waals surface area contributed by atoms with Crippen molar-refractivity contribution in [1.82, 2.24) is 14.8 Å². The first-order chi connectivity index (χ1) is 17.1. The van der Waals surface area contributed by atoms with Gasteiger partial charge in [0, 0.05) is 5.57 Å². The Morgan fingerprint density at radius 3 is 2.80 bits per heavy atom. The second-order valence-electron chi connectivity index (χ2n) is 7.03. The zero-order valence-corrected chi connectivity index (χ0v) is 20.0. The number of aliphatic carboxylic acids is 1. The monoisotopic (exact) mass is 469 g/mol. The maximum atomic E-state index is 11.1. The minimum absolute atomic E-state index is 0.124. The minimum Gasteiger partial charge on any atom is -0.486 e. The number of aromatic nitrogens is 3. The summed E-state index contributed by atoms with van der Waals surface area (Å²) in [5.41, 5.74) is 2.70. The molecule has 0 unspecified atom stereocenters. The maximum absolute atomic E-state index is 11.1. The highest BCUT2D eigenvalue weighted by Gasteiger charge is 2.18. The van der Waals surface area contributed by atoms with Gasteiger partial charge in [-0.3, -0.25) is 9.48 Å². The van der Waals surface area contributed by atoms with Gasteiger partial charge in [-0.1, -0.05) is 62.9 Å². The highest BCUT2D eigenvalue weighted by Crippen LogP contribution is 2.30. The number of carboxylic acids is 1. The molecule has 0 atom stereocenters. The highest BCUT2D eigenvalue weighted by molar-refractivity contribution is 5.86. The first kappa shape index (κ1) is 25.1. The number of rotatable bonds is 9. The quantitative estimate of drug-likeness (QED) is 0.297. The fourth-order valence-corrected chi connectivity index (χ4v) is 3.30. The number of oxazole rings is 1. The number of nitrogens with zero attached hydrogens (tertiary/aromatic N) is 3. The van der Waals surface area contributed by atoms with Gasteiger partial charge in [-0.15, -0.1) is 0 Å². The predicted molar refractivity (Wildman–Crippen MR) is 136 cm³/mol. The summed E-state index contributed by atoms with van der Waals surface area (Å²) in [7, 11) is 0. The Kier molecular flexibility index (Phi) is 8.63. The van der Waals surface area contributed by atoms with Crippen LogP contribution in [0.4, 0.5) is 0 Å². The fourth-order valence-electron chi connectivity index (χ4n) is 3.30. The van der Waals surface area contributed by atoms with Crippen molar-refractivity contribution in [2.75, 3.05) is 0 Å². The topological polar surface area (TPSA) is 90.4 Å². The van der Waals surface area contributed by atoms with Gasteiger partial charge in [0.05, 0.1) is 22.7 Å². The Balaban J connectivity index is 0.00000167. The van der Waals surface area contributed by atoms with E-state index in [9.17, 15) is 4.79 Å². The van der Waals surface area contributed by atoms with Gasteiger partial charge >= 0.3 is 5.97 Å². The van der Waals surface area contributed by atoms with Crippen molar-refractivity contribution in [3.63, 3.8) is 0 Å². The molecule has 0 bridgehead atoms. The summed E-state index contributed by atoms with van der Waals surface area (Å²) < 4.78 is 13.6. The van der Waals surface area contributed by atoms with E-state index < -0.39 is 5.97 Å². The van der Waals surface area contributed by atoms with Crippen molar-refractivity contribution in [2.24, 2.45) is 0 Å². The summed E-state index contributed by atoms with van der Waals surface area (Å²) >= 11 is 0. The van der Waals surface area contributed by atoms with Crippen molar-refractivity contribution in [2.45, 2.75) is 33.9 Å². The van der Waals surface area contributed by atoms with Crippen LogP contribution in [-0.2, 0) is 17.9 Å². The molecule has 4 aromatic rings. The average Bonchev–Trinajstić information content (AvgIpc) is 3.49. The average molecular weight is 470 g/mol. The van der Waals surface area contributed by atoms with Gasteiger partial charge < -0.3 is 14.3 Å². The molecule has 2 aromatic carbocycles. The third-order valence-corrected chi connectivity index (χ3v) is 4.82. The number of hydrogen-bond donors (Lipinski definition) is 1. The summed E-state index contributed by atoms with van der Waals surface area (Å²) in [6.07, 6.45) is 8.93. The van der Waals surface area contributed by atoms with Gasteiger partial charge in [-0.05, 0) is 37.3 Å². The molecule has 0 saturated heterocycles. The lowest BCUT2D eigenvalue weighted by molar-refractivity contribution is -0.137. The molecule has 0 fully saturated rings. The van der Waals surface area contributed by atoms with Gasteiger partial charge in [0.15, 0.2) is 5.76 Å². The van der Waals surface area contributed by atoms with E-state index in [1.165, 1.54) is 4.68 Å². The molecule has 35 heavy (non-hydrogen) atoms. The lowest BCUT2D eigenvalue weighted by atomic mass is 10.2. The first-order valence-electron chi connectivity index (χ1n) is 11.2. The Morgan fingerprint density at radius 2 is 2.11 bits per heavy atom. The molecule has 0 radical (unpaired) electrons. The summed E-state index contributed by atoms with van der Waals surface area (Å²) in [4.78, 5) is 15.7. The molecule has 7 heteroatoms. The lowest BCUT2D eigenvalue weighted by Gasteiger charge is -2.07. The smallest absolute Gasteiger partial charge is 0.325 e. The number of carbonyl (C=O) groups is 1. The van der Waals surface area contributed by atoms with Crippen LogP contribution < -0.4 is 4.74 Å². The van der Waals surface area contributed by atoms with Crippen LogP contribution in [0.25, 0.3) is 27.8 Å². The van der Waals surface area contributed by atoms with Crippen molar-refractivity contribution in [1.29, 1.82) is 0 Å². The summed E-state index contributed by atoms with van der Waals surface area (Å²) in [5, 5.41) is 14.0. The molecule has 0 aliphatic rings. The zero-order chi connectivity index (χ0) is 25.2. The van der Waals surface area contributed by atoms with E-state index in [-0.39, 0.29) is 13.2 Å². The summed E-state index contributed by atoms with van der Waals surface area (Å²) in [5.74, 6) is 0.549. The van der Waals surface area contributed by atoms with Crippen molar-refractivity contribution < 1.29 is 19.1 Å². The molecule has 7 nitrogen and oxygen atoms in total. The molecule has 178 valence electrons. The van der Waals surface area contributed by atoms with E-state index >= 15 is 0 Å². The van der Waals surface area contributed by atoms with Crippen LogP contribution >= 0.6 is 0 Å². The standard InChI is InChI=1S/C26H21N3O4.C2H6/c1-3-5-10-18(4-2)26-28-21(25(33-26)19-11-7-6-8-12-19)17-32-23-14-9-13-22-20(23)15-27-29(22)16-24(30)31;1-2/h3-7,9-11,13-15H,2,16-17H2,1H3,(H,30,31);1-2H3/b5-3-,18-10+;. The normalized spacial score (nSPS) is 11.1. The van der Waals surface area contributed by atoms with Gasteiger partial charge in [0.2, 0.25) is 5.89 Å². The second-order valence-corrected chi connectivity index (χ2v) is 7.03. The van der Waals surface area contributed by atoms with Crippen molar-refractivity contribution in [3.05, 3.63) is 97.2 Å². The van der Waals surface area contributed by atoms with Gasteiger partial charge in [0.25, 0.3) is 0 Å². The van der Waals surface area contributed by atoms with E-state index in [1.807, 2.05) is 51.1 Å². The van der Waals surface area contributed by atoms with E-state index in [4.69, 9.17) is 14.3 Å². The Bertz CT molecular complexity index is 1350. The minimum atomic E-state index is -0.967. The van der Waals surface area contributed by atoms with Crippen molar-refractivity contribution in [3.8, 4) is 17.1 Å². The Labute approximate surface area is 204 Å². The largest absolute Gasteiger partial charge is 0.486 e. The number of allylic oxidation sites excluding steroid dienone is 5. The molecule has 2 aromatic heterocycles. The van der Waals surface area contributed by atoms with E-state index in [0.29, 0.717) is 39.6 Å². The fraction of sp³-hybridized carbons (Fsp3) is 0.179. The number of carboxylic acid groups (broad SMARTS) is 1. The lowest BCUT2D eigenvalue weighted by Crippen LogP contribution is -2.09. The molecular weight excluding hydrogens is 442 g/mol.